The highest BCUT2D eigenvalue weighted by atomic mass is 32.2. The second-order valence-corrected chi connectivity index (χ2v) is 6.69. The lowest BCUT2D eigenvalue weighted by atomic mass is 10.3. The van der Waals surface area contributed by atoms with Crippen LogP contribution in [0.1, 0.15) is 0 Å². The number of rotatable bonds is 2. The molecule has 0 unspecified atom stereocenters. The molecule has 8 heteroatoms. The predicted octanol–water partition coefficient (Wildman–Crippen LogP) is -2.08. The number of sulfone groups is 1. The van der Waals surface area contributed by atoms with Crippen LogP contribution in [0.15, 0.2) is 0 Å². The Labute approximate surface area is 71.4 Å². The molecular weight excluding hydrogens is 204 g/mol. The third-order valence-electron chi connectivity index (χ3n) is 1.78. The summed E-state index contributed by atoms with van der Waals surface area (Å²) in [5.41, 5.74) is 0. The lowest BCUT2D eigenvalue weighted by molar-refractivity contribution is 0.311. The Morgan fingerprint density at radius 1 is 1.25 bits per heavy atom. The highest BCUT2D eigenvalue weighted by Gasteiger charge is 2.39. The summed E-state index contributed by atoms with van der Waals surface area (Å²) in [6.45, 7) is -0.0324. The third kappa shape index (κ3) is 1.94. The minimum atomic E-state index is -3.69. The Morgan fingerprint density at radius 2 is 1.67 bits per heavy atom. The van der Waals surface area contributed by atoms with Gasteiger partial charge in [0.05, 0.1) is 5.25 Å². The molecule has 0 aromatic heterocycles. The molecule has 0 atom stereocenters. The predicted molar refractivity (Wildman–Crippen MR) is 43.3 cm³/mol. The second-order valence-electron chi connectivity index (χ2n) is 2.81. The number of nitrogens with zero attached hydrogens (tertiary/aromatic N) is 1. The largest absolute Gasteiger partial charge is 0.276 e. The average molecular weight is 214 g/mol. The van der Waals surface area contributed by atoms with Gasteiger partial charge in [-0.15, -0.1) is 0 Å². The van der Waals surface area contributed by atoms with Crippen LogP contribution in [0.2, 0.25) is 0 Å². The van der Waals surface area contributed by atoms with Crippen LogP contribution in [0.3, 0.4) is 0 Å². The Morgan fingerprint density at radius 3 is 1.92 bits per heavy atom. The molecule has 1 aliphatic heterocycles. The topological polar surface area (TPSA) is 97.5 Å². The van der Waals surface area contributed by atoms with Gasteiger partial charge in [0.15, 0.2) is 9.84 Å². The van der Waals surface area contributed by atoms with Crippen LogP contribution in [-0.2, 0) is 20.0 Å². The zero-order chi connectivity index (χ0) is 9.57. The van der Waals surface area contributed by atoms with Crippen molar-refractivity contribution in [3.63, 3.8) is 0 Å². The van der Waals surface area contributed by atoms with E-state index in [9.17, 15) is 16.8 Å². The van der Waals surface area contributed by atoms with Crippen molar-refractivity contribution in [3.8, 4) is 0 Å². The lowest BCUT2D eigenvalue weighted by Gasteiger charge is -2.34. The van der Waals surface area contributed by atoms with Crippen LogP contribution < -0.4 is 5.14 Å². The number of hydrogen-bond donors (Lipinski definition) is 1. The van der Waals surface area contributed by atoms with Gasteiger partial charge in [-0.25, -0.2) is 13.6 Å². The molecule has 12 heavy (non-hydrogen) atoms. The zero-order valence-electron chi connectivity index (χ0n) is 6.47. The standard InChI is InChI=1S/C4H10N2O4S2/c1-11(7,8)4-2-6(3-4)12(5,9)10/h4H,2-3H2,1H3,(H2,5,9,10). The summed E-state index contributed by atoms with van der Waals surface area (Å²) < 4.78 is 43.8. The fourth-order valence-corrected chi connectivity index (χ4v) is 2.74. The van der Waals surface area contributed by atoms with E-state index >= 15 is 0 Å². The molecule has 0 aromatic rings. The molecule has 6 nitrogen and oxygen atoms in total. The van der Waals surface area contributed by atoms with Crippen LogP contribution in [-0.4, -0.2) is 45.7 Å². The molecule has 0 bridgehead atoms. The van der Waals surface area contributed by atoms with Crippen molar-refractivity contribution in [2.45, 2.75) is 5.25 Å². The van der Waals surface area contributed by atoms with Crippen molar-refractivity contribution in [2.24, 2.45) is 5.14 Å². The summed E-state index contributed by atoms with van der Waals surface area (Å²) >= 11 is 0. The normalized spacial score (nSPS) is 22.2. The Kier molecular flexibility index (Phi) is 2.19. The van der Waals surface area contributed by atoms with Crippen molar-refractivity contribution < 1.29 is 16.8 Å². The van der Waals surface area contributed by atoms with Gasteiger partial charge in [-0.1, -0.05) is 0 Å². The van der Waals surface area contributed by atoms with Gasteiger partial charge >= 0.3 is 0 Å². The monoisotopic (exact) mass is 214 g/mol. The molecule has 0 spiro atoms. The average Bonchev–Trinajstić information content (AvgIpc) is 1.46. The third-order valence-corrected chi connectivity index (χ3v) is 4.31. The fraction of sp³-hybridized carbons (Fsp3) is 1.00. The molecule has 2 N–H and O–H groups in total. The van der Waals surface area contributed by atoms with Gasteiger partial charge in [0.25, 0.3) is 10.2 Å². The van der Waals surface area contributed by atoms with Crippen LogP contribution in [0.5, 0.6) is 0 Å². The molecule has 0 aromatic carbocycles. The molecule has 0 saturated carbocycles. The summed E-state index contributed by atoms with van der Waals surface area (Å²) in [5, 5.41) is 4.16. The van der Waals surface area contributed by atoms with E-state index in [1.165, 1.54) is 0 Å². The van der Waals surface area contributed by atoms with Crippen molar-refractivity contribution in [1.82, 2.24) is 4.31 Å². The molecule has 0 amide bonds. The lowest BCUT2D eigenvalue weighted by Crippen LogP contribution is -2.58. The summed E-state index contributed by atoms with van der Waals surface area (Å²) in [6, 6.07) is 0. The molecular formula is C4H10N2O4S2. The van der Waals surface area contributed by atoms with Crippen molar-refractivity contribution in [2.75, 3.05) is 19.3 Å². The van der Waals surface area contributed by atoms with Gasteiger partial charge in [-0.05, 0) is 0 Å². The van der Waals surface area contributed by atoms with Crippen molar-refractivity contribution in [1.29, 1.82) is 0 Å². The first-order valence-corrected chi connectivity index (χ1v) is 6.64. The van der Waals surface area contributed by atoms with Crippen LogP contribution in [0.25, 0.3) is 0 Å². The maximum atomic E-state index is 10.8. The fourth-order valence-electron chi connectivity index (χ4n) is 0.879. The highest BCUT2D eigenvalue weighted by molar-refractivity contribution is 7.91. The molecule has 1 heterocycles. The summed E-state index contributed by atoms with van der Waals surface area (Å²) in [6.07, 6.45) is 1.08. The van der Waals surface area contributed by atoms with E-state index < -0.39 is 25.3 Å². The number of hydrogen-bond acceptors (Lipinski definition) is 4. The molecule has 1 rings (SSSR count). The molecule has 72 valence electrons. The van der Waals surface area contributed by atoms with E-state index in [4.69, 9.17) is 5.14 Å². The van der Waals surface area contributed by atoms with E-state index in [0.717, 1.165) is 10.6 Å². The first-order valence-electron chi connectivity index (χ1n) is 3.18. The van der Waals surface area contributed by atoms with Crippen LogP contribution >= 0.6 is 0 Å². The van der Waals surface area contributed by atoms with Gasteiger partial charge in [-0.2, -0.15) is 12.7 Å². The van der Waals surface area contributed by atoms with Crippen LogP contribution in [0.4, 0.5) is 0 Å². The number of nitrogens with two attached hydrogens (primary N) is 1. The Bertz CT molecular complexity index is 328. The molecule has 0 radical (unpaired) electrons. The second kappa shape index (κ2) is 2.66. The van der Waals surface area contributed by atoms with Gasteiger partial charge in [0.1, 0.15) is 0 Å². The molecule has 0 aliphatic carbocycles. The quantitative estimate of drug-likeness (QED) is 0.570. The Balaban J connectivity index is 2.62. The van der Waals surface area contributed by atoms with E-state index in [-0.39, 0.29) is 13.1 Å². The zero-order valence-corrected chi connectivity index (χ0v) is 8.10. The molecule has 1 fully saturated rings. The van der Waals surface area contributed by atoms with Crippen LogP contribution in [0, 0.1) is 0 Å². The van der Waals surface area contributed by atoms with Crippen molar-refractivity contribution in [3.05, 3.63) is 0 Å². The smallest absolute Gasteiger partial charge is 0.229 e. The van der Waals surface area contributed by atoms with Gasteiger partial charge in [0.2, 0.25) is 0 Å². The Hall–Kier alpha value is -0.180. The maximum absolute atomic E-state index is 10.8. The van der Waals surface area contributed by atoms with E-state index in [0.29, 0.717) is 0 Å². The molecule has 1 saturated heterocycles. The van der Waals surface area contributed by atoms with E-state index in [2.05, 4.69) is 0 Å². The van der Waals surface area contributed by atoms with E-state index in [1.807, 2.05) is 0 Å². The van der Waals surface area contributed by atoms with Gasteiger partial charge in [0, 0.05) is 19.3 Å². The highest BCUT2D eigenvalue weighted by Crippen LogP contribution is 2.16. The van der Waals surface area contributed by atoms with Crippen molar-refractivity contribution >= 4 is 20.0 Å². The van der Waals surface area contributed by atoms with Gasteiger partial charge in [-0.3, -0.25) is 0 Å². The first-order chi connectivity index (χ1) is 5.21. The summed E-state index contributed by atoms with van der Waals surface area (Å²) in [4.78, 5) is 0. The van der Waals surface area contributed by atoms with E-state index in [1.54, 1.807) is 0 Å². The van der Waals surface area contributed by atoms with Gasteiger partial charge < -0.3 is 0 Å². The minimum Gasteiger partial charge on any atom is -0.229 e. The summed E-state index contributed by atoms with van der Waals surface area (Å²) in [7, 11) is -6.81. The molecule has 1 aliphatic rings. The SMILES string of the molecule is CS(=O)(=O)C1CN(S(N)(=O)=O)C1. The summed E-state index contributed by atoms with van der Waals surface area (Å²) in [5.74, 6) is 0. The minimum absolute atomic E-state index is 0.0162. The maximum Gasteiger partial charge on any atom is 0.276 e. The first kappa shape index (κ1) is 9.90.